The second-order valence-electron chi connectivity index (χ2n) is 11.0. The Hall–Kier alpha value is -3.66. The summed E-state index contributed by atoms with van der Waals surface area (Å²) in [6, 6.07) is 10.0. The smallest absolute Gasteiger partial charge is 0.366 e. The zero-order valence-electron chi connectivity index (χ0n) is 22.5. The number of nitrogens with one attached hydrogen (secondary N) is 2. The third-order valence-electron chi connectivity index (χ3n) is 9.33. The van der Waals surface area contributed by atoms with Gasteiger partial charge in [-0.05, 0) is 91.2 Å². The van der Waals surface area contributed by atoms with Crippen LogP contribution in [-0.2, 0) is 31.1 Å². The second kappa shape index (κ2) is 10.7. The van der Waals surface area contributed by atoms with E-state index in [0.29, 0.717) is 42.2 Å². The van der Waals surface area contributed by atoms with E-state index in [-0.39, 0.29) is 23.6 Å². The fourth-order valence-corrected chi connectivity index (χ4v) is 7.83. The Balaban J connectivity index is 1.23. The van der Waals surface area contributed by atoms with E-state index in [0.717, 1.165) is 61.0 Å². The van der Waals surface area contributed by atoms with Gasteiger partial charge in [-0.1, -0.05) is 25.1 Å². The minimum Gasteiger partial charge on any atom is -0.366 e. The van der Waals surface area contributed by atoms with Crippen molar-refractivity contribution in [1.29, 1.82) is 0 Å². The van der Waals surface area contributed by atoms with Crippen molar-refractivity contribution in [1.82, 2.24) is 20.5 Å². The molecule has 9 nitrogen and oxygen atoms in total. The van der Waals surface area contributed by atoms with Crippen LogP contribution >= 0.6 is 12.2 Å². The molecule has 1 amide bonds. The molecular formula is C30H33N5O4S. The van der Waals surface area contributed by atoms with Crippen molar-refractivity contribution in [3.8, 4) is 5.75 Å². The summed E-state index contributed by atoms with van der Waals surface area (Å²) in [6.07, 6.45) is 9.94. The van der Waals surface area contributed by atoms with E-state index in [1.165, 1.54) is 11.1 Å². The number of carbonyl (C=O) groups is 1. The SMILES string of the molecule is C=CC12CCC3c4cc(CC)c(OS[N+](=O)[O-])cc4CCC3C1Cc1c(C(=O)NCCc3ccccn3)n[nH]c12. The molecule has 4 atom stereocenters. The van der Waals surface area contributed by atoms with Gasteiger partial charge in [0.25, 0.3) is 5.91 Å². The van der Waals surface area contributed by atoms with Gasteiger partial charge in [0.1, 0.15) is 10.1 Å². The van der Waals surface area contributed by atoms with Gasteiger partial charge in [0.05, 0.1) is 0 Å². The Morgan fingerprint density at radius 1 is 1.38 bits per heavy atom. The van der Waals surface area contributed by atoms with Crippen LogP contribution in [-0.4, -0.2) is 32.0 Å². The molecular weight excluding hydrogens is 526 g/mol. The molecule has 2 heterocycles. The zero-order chi connectivity index (χ0) is 27.9. The van der Waals surface area contributed by atoms with E-state index in [2.05, 4.69) is 46.1 Å². The van der Waals surface area contributed by atoms with Crippen LogP contribution < -0.4 is 9.50 Å². The number of rotatable bonds is 9. The Morgan fingerprint density at radius 3 is 3.00 bits per heavy atom. The number of allylic oxidation sites excluding steroid dienone is 1. The van der Waals surface area contributed by atoms with E-state index >= 15 is 0 Å². The summed E-state index contributed by atoms with van der Waals surface area (Å²) in [5.41, 5.74) is 6.89. The van der Waals surface area contributed by atoms with Gasteiger partial charge < -0.3 is 9.50 Å². The lowest BCUT2D eigenvalue weighted by molar-refractivity contribution is -0.291. The van der Waals surface area contributed by atoms with Crippen LogP contribution in [0.4, 0.5) is 0 Å². The van der Waals surface area contributed by atoms with Crippen LogP contribution in [0.2, 0.25) is 0 Å². The van der Waals surface area contributed by atoms with Crippen molar-refractivity contribution in [3.63, 3.8) is 0 Å². The van der Waals surface area contributed by atoms with Crippen molar-refractivity contribution in [2.24, 2.45) is 11.8 Å². The van der Waals surface area contributed by atoms with E-state index < -0.39 is 4.33 Å². The molecule has 2 N–H and O–H groups in total. The molecule has 3 aliphatic carbocycles. The van der Waals surface area contributed by atoms with Crippen LogP contribution in [0.3, 0.4) is 0 Å². The number of amides is 1. The molecule has 0 saturated heterocycles. The van der Waals surface area contributed by atoms with Gasteiger partial charge in [-0.3, -0.25) is 14.9 Å². The molecule has 4 unspecified atom stereocenters. The Labute approximate surface area is 237 Å². The Morgan fingerprint density at radius 2 is 2.25 bits per heavy atom. The lowest BCUT2D eigenvalue weighted by Gasteiger charge is -2.49. The Bertz CT molecular complexity index is 1460. The number of carbonyl (C=O) groups excluding carboxylic acids is 1. The number of nitrogens with zero attached hydrogens (tertiary/aromatic N) is 3. The molecule has 0 bridgehead atoms. The highest BCUT2D eigenvalue weighted by molar-refractivity contribution is 7.88. The highest BCUT2D eigenvalue weighted by Crippen LogP contribution is 2.61. The predicted molar refractivity (Wildman–Crippen MR) is 153 cm³/mol. The molecule has 1 saturated carbocycles. The van der Waals surface area contributed by atoms with Crippen LogP contribution in [0.5, 0.6) is 5.75 Å². The maximum Gasteiger partial charge on any atom is 0.468 e. The third kappa shape index (κ3) is 4.48. The maximum atomic E-state index is 13.2. The summed E-state index contributed by atoms with van der Waals surface area (Å²) in [4.78, 5) is 28.4. The average molecular weight is 560 g/mol. The summed E-state index contributed by atoms with van der Waals surface area (Å²) in [5.74, 6) is 1.64. The van der Waals surface area contributed by atoms with Gasteiger partial charge in [-0.15, -0.1) is 6.58 Å². The molecule has 3 aromatic rings. The first kappa shape index (κ1) is 26.6. The number of pyridine rings is 1. The molecule has 0 radical (unpaired) electrons. The third-order valence-corrected chi connectivity index (χ3v) is 9.71. The molecule has 40 heavy (non-hydrogen) atoms. The Kier molecular flexibility index (Phi) is 7.12. The van der Waals surface area contributed by atoms with Crippen molar-refractivity contribution in [2.45, 2.75) is 63.2 Å². The van der Waals surface area contributed by atoms with E-state index in [9.17, 15) is 14.9 Å². The highest BCUT2D eigenvalue weighted by atomic mass is 32.2. The quantitative estimate of drug-likeness (QED) is 0.120. The van der Waals surface area contributed by atoms with Crippen molar-refractivity contribution in [2.75, 3.05) is 6.54 Å². The molecule has 208 valence electrons. The van der Waals surface area contributed by atoms with Gasteiger partial charge in [-0.25, -0.2) is 10.1 Å². The van der Waals surface area contributed by atoms with E-state index in [1.54, 1.807) is 6.20 Å². The molecule has 3 aliphatic rings. The zero-order valence-corrected chi connectivity index (χ0v) is 23.3. The van der Waals surface area contributed by atoms with Crippen LogP contribution in [0.1, 0.15) is 76.2 Å². The fourth-order valence-electron chi connectivity index (χ4n) is 7.53. The van der Waals surface area contributed by atoms with Gasteiger partial charge in [0, 0.05) is 41.5 Å². The molecule has 10 heteroatoms. The van der Waals surface area contributed by atoms with Gasteiger partial charge in [0.2, 0.25) is 0 Å². The first-order valence-electron chi connectivity index (χ1n) is 14.0. The average Bonchev–Trinajstić information content (AvgIpc) is 3.54. The number of fused-ring (bicyclic) bond motifs is 7. The number of hydrogen-bond donors (Lipinski definition) is 2. The molecule has 6 rings (SSSR count). The monoisotopic (exact) mass is 559 g/mol. The number of hydrogen-bond acceptors (Lipinski definition) is 7. The molecule has 2 aromatic heterocycles. The summed E-state index contributed by atoms with van der Waals surface area (Å²) >= 11 is 0.269. The van der Waals surface area contributed by atoms with Crippen molar-refractivity contribution < 1.29 is 13.3 Å². The maximum absolute atomic E-state index is 13.2. The molecule has 1 fully saturated rings. The largest absolute Gasteiger partial charge is 0.468 e. The van der Waals surface area contributed by atoms with Crippen molar-refractivity contribution in [3.05, 3.63) is 98.6 Å². The molecule has 0 spiro atoms. The lowest BCUT2D eigenvalue weighted by atomic mass is 9.54. The first-order chi connectivity index (χ1) is 19.4. The van der Waals surface area contributed by atoms with Gasteiger partial charge >= 0.3 is 12.2 Å². The topological polar surface area (TPSA) is 123 Å². The fraction of sp³-hybridized carbons (Fsp3) is 0.433. The minimum atomic E-state index is -0.524. The van der Waals surface area contributed by atoms with Crippen LogP contribution in [0, 0.1) is 22.0 Å². The molecule has 0 aliphatic heterocycles. The van der Waals surface area contributed by atoms with Crippen LogP contribution in [0.15, 0.2) is 49.2 Å². The van der Waals surface area contributed by atoms with E-state index in [1.807, 2.05) is 24.3 Å². The number of aromatic amines is 1. The number of aryl methyl sites for hydroxylation is 2. The molecule has 1 aromatic carbocycles. The van der Waals surface area contributed by atoms with Crippen molar-refractivity contribution >= 4 is 18.1 Å². The highest BCUT2D eigenvalue weighted by Gasteiger charge is 2.56. The van der Waals surface area contributed by atoms with Crippen LogP contribution in [0.25, 0.3) is 0 Å². The lowest BCUT2D eigenvalue weighted by Crippen LogP contribution is -2.44. The number of nitro groups is 1. The first-order valence-corrected chi connectivity index (χ1v) is 14.7. The number of aromatic nitrogens is 3. The number of H-pyrrole nitrogens is 1. The standard InChI is InChI=1S/C30H33N5O4S/c1-3-18-15-23-19(16-26(18)39-40-35(37)38)8-9-22-21(23)10-12-30(4-2)25(22)17-24-27(33-34-28(24)30)29(36)32-14-11-20-7-5-6-13-31-20/h4-7,13,15-16,21-22,25H,2-3,8-12,14,17H2,1H3,(H,32,36)(H,33,34). The summed E-state index contributed by atoms with van der Waals surface area (Å²) in [7, 11) is 0. The van der Waals surface area contributed by atoms with Gasteiger partial charge in [-0.2, -0.15) is 5.10 Å². The summed E-state index contributed by atoms with van der Waals surface area (Å²) < 4.78 is 4.94. The second-order valence-corrected chi connectivity index (χ2v) is 11.7. The normalized spacial score (nSPS) is 24.3. The summed E-state index contributed by atoms with van der Waals surface area (Å²) in [5, 5.41) is 21.6. The predicted octanol–water partition coefficient (Wildman–Crippen LogP) is 5.29. The van der Waals surface area contributed by atoms with E-state index in [4.69, 9.17) is 4.18 Å². The minimum absolute atomic E-state index is 0.149. The van der Waals surface area contributed by atoms with Gasteiger partial charge in [0.15, 0.2) is 5.69 Å². The summed E-state index contributed by atoms with van der Waals surface area (Å²) in [6.45, 7) is 6.83. The number of benzene rings is 1.